The first-order valence-corrected chi connectivity index (χ1v) is 10.3. The number of alkyl halides is 3. The highest BCUT2D eigenvalue weighted by molar-refractivity contribution is 7.15. The normalized spacial score (nSPS) is 11.6. The minimum atomic E-state index is -4.69. The highest BCUT2D eigenvalue weighted by atomic mass is 35.5. The maximum absolute atomic E-state index is 12.6. The number of rotatable bonds is 7. The Labute approximate surface area is 195 Å². The number of methoxy groups -OCH3 is 1. The largest absolute Gasteiger partial charge is 0.493 e. The zero-order chi connectivity index (χ0) is 24.0. The third kappa shape index (κ3) is 6.21. The molecule has 7 nitrogen and oxygen atoms in total. The van der Waals surface area contributed by atoms with Gasteiger partial charge in [0.2, 0.25) is 10.1 Å². The van der Waals surface area contributed by atoms with Crippen molar-refractivity contribution in [1.82, 2.24) is 10.2 Å². The molecule has 0 aliphatic carbocycles. The third-order valence-corrected chi connectivity index (χ3v) is 5.21. The van der Waals surface area contributed by atoms with Gasteiger partial charge in [0.05, 0.1) is 12.1 Å². The predicted octanol–water partition coefficient (Wildman–Crippen LogP) is 5.34. The molecule has 12 heteroatoms. The van der Waals surface area contributed by atoms with Crippen molar-refractivity contribution >= 4 is 40.1 Å². The number of aromatic nitrogens is 2. The fraction of sp³-hybridized carbons (Fsp3) is 0.143. The summed E-state index contributed by atoms with van der Waals surface area (Å²) in [6.07, 6.45) is -3.48. The molecule has 170 valence electrons. The molecule has 0 spiro atoms. The summed E-state index contributed by atoms with van der Waals surface area (Å²) in [5, 5.41) is 16.3. The molecule has 33 heavy (non-hydrogen) atoms. The second-order valence-electron chi connectivity index (χ2n) is 6.34. The summed E-state index contributed by atoms with van der Waals surface area (Å²) >= 11 is 6.46. The summed E-state index contributed by atoms with van der Waals surface area (Å²) in [7, 11) is 1.40. The van der Waals surface area contributed by atoms with E-state index in [0.29, 0.717) is 5.56 Å². The van der Waals surface area contributed by atoms with E-state index >= 15 is 0 Å². The minimum absolute atomic E-state index is 0.143. The number of carbonyl (C=O) groups is 1. The molecule has 3 aromatic rings. The van der Waals surface area contributed by atoms with Crippen LogP contribution in [-0.2, 0) is 17.6 Å². The number of nitrogens with one attached hydrogen (secondary N) is 1. The molecular formula is C21H14ClF3N4O3S. The van der Waals surface area contributed by atoms with Crippen molar-refractivity contribution in [2.24, 2.45) is 0 Å². The second kappa shape index (κ2) is 10.3. The smallest absolute Gasteiger partial charge is 0.445 e. The van der Waals surface area contributed by atoms with E-state index in [-0.39, 0.29) is 34.5 Å². The van der Waals surface area contributed by atoms with Gasteiger partial charge in [0.25, 0.3) is 5.91 Å². The van der Waals surface area contributed by atoms with E-state index in [9.17, 15) is 23.2 Å². The van der Waals surface area contributed by atoms with Crippen molar-refractivity contribution in [2.45, 2.75) is 12.8 Å². The van der Waals surface area contributed by atoms with Crippen molar-refractivity contribution in [3.8, 4) is 17.6 Å². The number of hydrogen-bond donors (Lipinski definition) is 1. The number of nitriles is 1. The van der Waals surface area contributed by atoms with Crippen molar-refractivity contribution in [3.63, 3.8) is 0 Å². The van der Waals surface area contributed by atoms with Gasteiger partial charge in [-0.25, -0.2) is 0 Å². The van der Waals surface area contributed by atoms with E-state index in [1.807, 2.05) is 30.3 Å². The molecule has 2 aromatic carbocycles. The van der Waals surface area contributed by atoms with Crippen LogP contribution in [0.4, 0.5) is 18.3 Å². The predicted molar refractivity (Wildman–Crippen MR) is 116 cm³/mol. The van der Waals surface area contributed by atoms with E-state index in [1.54, 1.807) is 6.07 Å². The van der Waals surface area contributed by atoms with E-state index in [1.165, 1.54) is 25.3 Å². The molecule has 1 heterocycles. The molecule has 1 aromatic heterocycles. The highest BCUT2D eigenvalue weighted by Crippen LogP contribution is 2.38. The van der Waals surface area contributed by atoms with E-state index in [2.05, 4.69) is 15.5 Å². The lowest BCUT2D eigenvalue weighted by molar-refractivity contribution is -0.138. The number of carbonyl (C=O) groups excluding carboxylic acids is 1. The first-order valence-electron chi connectivity index (χ1n) is 9.09. The van der Waals surface area contributed by atoms with Gasteiger partial charge >= 0.3 is 6.18 Å². The molecular weight excluding hydrogens is 481 g/mol. The molecule has 0 unspecified atom stereocenters. The minimum Gasteiger partial charge on any atom is -0.493 e. The summed E-state index contributed by atoms with van der Waals surface area (Å²) in [6.45, 7) is 0.236. The molecule has 0 aliphatic rings. The molecule has 0 saturated heterocycles. The van der Waals surface area contributed by atoms with Crippen LogP contribution in [-0.4, -0.2) is 23.2 Å². The molecule has 0 fully saturated rings. The SMILES string of the molecule is COc1cc(/C=C(/C#N)C(=O)Nc2nnc(C(F)(F)F)s2)cc(Cl)c1OCc1ccccc1. The van der Waals surface area contributed by atoms with Crippen molar-refractivity contribution in [1.29, 1.82) is 5.26 Å². The van der Waals surface area contributed by atoms with Crippen molar-refractivity contribution in [3.05, 3.63) is 69.2 Å². The van der Waals surface area contributed by atoms with Crippen LogP contribution in [0.15, 0.2) is 48.0 Å². The van der Waals surface area contributed by atoms with E-state index in [4.69, 9.17) is 21.1 Å². The lowest BCUT2D eigenvalue weighted by atomic mass is 10.1. The summed E-state index contributed by atoms with van der Waals surface area (Å²) in [5.74, 6) is -0.417. The van der Waals surface area contributed by atoms with Crippen molar-refractivity contribution < 1.29 is 27.4 Å². The van der Waals surface area contributed by atoms with E-state index < -0.39 is 27.8 Å². The Kier molecular flexibility index (Phi) is 7.52. The van der Waals surface area contributed by atoms with Gasteiger partial charge in [0.1, 0.15) is 18.2 Å². The molecule has 0 aliphatic heterocycles. The molecule has 0 atom stereocenters. The van der Waals surface area contributed by atoms with Crippen LogP contribution < -0.4 is 14.8 Å². The number of benzene rings is 2. The van der Waals surface area contributed by atoms with Gasteiger partial charge in [-0.3, -0.25) is 10.1 Å². The summed E-state index contributed by atoms with van der Waals surface area (Å²) in [4.78, 5) is 12.3. The van der Waals surface area contributed by atoms with Gasteiger partial charge in [-0.15, -0.1) is 10.2 Å². The van der Waals surface area contributed by atoms with Crippen LogP contribution >= 0.6 is 22.9 Å². The molecule has 0 saturated carbocycles. The maximum atomic E-state index is 12.6. The average molecular weight is 495 g/mol. The zero-order valence-electron chi connectivity index (χ0n) is 16.8. The van der Waals surface area contributed by atoms with Crippen LogP contribution in [0.5, 0.6) is 11.5 Å². The molecule has 1 N–H and O–H groups in total. The third-order valence-electron chi connectivity index (χ3n) is 4.04. The maximum Gasteiger partial charge on any atom is 0.445 e. The van der Waals surface area contributed by atoms with Crippen molar-refractivity contribution in [2.75, 3.05) is 12.4 Å². The first-order chi connectivity index (χ1) is 15.7. The monoisotopic (exact) mass is 494 g/mol. The quantitative estimate of drug-likeness (QED) is 0.351. The summed E-state index contributed by atoms with van der Waals surface area (Å²) < 4.78 is 49.0. The summed E-state index contributed by atoms with van der Waals surface area (Å²) in [5.41, 5.74) is 0.854. The zero-order valence-corrected chi connectivity index (χ0v) is 18.4. The Hall–Kier alpha value is -3.62. The lowest BCUT2D eigenvalue weighted by Crippen LogP contribution is -2.13. The standard InChI is InChI=1S/C21H14ClF3N4O3S/c1-31-16-9-13(8-15(22)17(16)32-11-12-5-3-2-4-6-12)7-14(10-26)18(30)27-20-29-28-19(33-20)21(23,24)25/h2-9H,11H2,1H3,(H,27,29,30)/b14-7-. The van der Waals surface area contributed by atoms with Crippen LogP contribution in [0.25, 0.3) is 6.08 Å². The summed E-state index contributed by atoms with van der Waals surface area (Å²) in [6, 6.07) is 14.0. The van der Waals surface area contributed by atoms with Crippen LogP contribution in [0.1, 0.15) is 16.1 Å². The Morgan fingerprint density at radius 2 is 2.00 bits per heavy atom. The molecule has 1 amide bonds. The Morgan fingerprint density at radius 3 is 2.61 bits per heavy atom. The fourth-order valence-electron chi connectivity index (χ4n) is 2.56. The molecule has 0 bridgehead atoms. The number of hydrogen-bond acceptors (Lipinski definition) is 7. The number of anilines is 1. The van der Waals surface area contributed by atoms with Gasteiger partial charge in [-0.2, -0.15) is 18.4 Å². The van der Waals surface area contributed by atoms with Crippen LogP contribution in [0, 0.1) is 11.3 Å². The number of amides is 1. The second-order valence-corrected chi connectivity index (χ2v) is 7.73. The van der Waals surface area contributed by atoms with Gasteiger partial charge in [0, 0.05) is 0 Å². The van der Waals surface area contributed by atoms with Gasteiger partial charge in [-0.05, 0) is 29.3 Å². The molecule has 0 radical (unpaired) electrons. The Bertz CT molecular complexity index is 1220. The number of nitrogens with zero attached hydrogens (tertiary/aromatic N) is 3. The van der Waals surface area contributed by atoms with Gasteiger partial charge in [0.15, 0.2) is 11.5 Å². The highest BCUT2D eigenvalue weighted by Gasteiger charge is 2.35. The van der Waals surface area contributed by atoms with Gasteiger partial charge < -0.3 is 9.47 Å². The lowest BCUT2D eigenvalue weighted by Gasteiger charge is -2.13. The van der Waals surface area contributed by atoms with Gasteiger partial charge in [-0.1, -0.05) is 53.3 Å². The Morgan fingerprint density at radius 1 is 1.27 bits per heavy atom. The first kappa shape index (κ1) is 24.0. The topological polar surface area (TPSA) is 97.1 Å². The number of ether oxygens (including phenoxy) is 2. The van der Waals surface area contributed by atoms with Crippen LogP contribution in [0.3, 0.4) is 0 Å². The van der Waals surface area contributed by atoms with Crippen LogP contribution in [0.2, 0.25) is 5.02 Å². The Balaban J connectivity index is 1.79. The molecule has 3 rings (SSSR count). The average Bonchev–Trinajstić information content (AvgIpc) is 3.26. The van der Waals surface area contributed by atoms with E-state index in [0.717, 1.165) is 5.56 Å². The number of halogens is 4. The fourth-order valence-corrected chi connectivity index (χ4v) is 3.44.